The average molecular weight is 359 g/mol. The molecule has 7 heteroatoms. The standard InChI is InChI=1S/C17H12Cl2N4O/c1-9-14-15(19)21-12-7-8-13(24-2)22-17(12)23(14)16(20-9)10-5-3-4-6-11(10)18/h3-8H,1-2H3. The van der Waals surface area contributed by atoms with E-state index in [0.717, 1.165) is 11.3 Å². The van der Waals surface area contributed by atoms with Crippen LogP contribution in [0.2, 0.25) is 10.2 Å². The zero-order chi connectivity index (χ0) is 16.8. The van der Waals surface area contributed by atoms with Crippen molar-refractivity contribution >= 4 is 39.9 Å². The summed E-state index contributed by atoms with van der Waals surface area (Å²) in [6.45, 7) is 1.88. The molecular weight excluding hydrogens is 347 g/mol. The molecule has 3 heterocycles. The topological polar surface area (TPSA) is 52.3 Å². The summed E-state index contributed by atoms with van der Waals surface area (Å²) in [6, 6.07) is 11.1. The molecule has 0 spiro atoms. The molecule has 0 fully saturated rings. The van der Waals surface area contributed by atoms with E-state index in [-0.39, 0.29) is 0 Å². The molecule has 24 heavy (non-hydrogen) atoms. The Balaban J connectivity index is 2.21. The van der Waals surface area contributed by atoms with Gasteiger partial charge in [-0.25, -0.2) is 9.97 Å². The van der Waals surface area contributed by atoms with Crippen molar-refractivity contribution in [1.29, 1.82) is 0 Å². The number of ether oxygens (including phenoxy) is 1. The van der Waals surface area contributed by atoms with Crippen molar-refractivity contribution in [1.82, 2.24) is 19.4 Å². The van der Waals surface area contributed by atoms with E-state index in [1.807, 2.05) is 41.7 Å². The molecule has 3 aromatic heterocycles. The molecule has 0 radical (unpaired) electrons. The Morgan fingerprint density at radius 2 is 1.79 bits per heavy atom. The van der Waals surface area contributed by atoms with Crippen LogP contribution < -0.4 is 4.74 Å². The number of hydrogen-bond donors (Lipinski definition) is 0. The Bertz CT molecular complexity index is 1090. The SMILES string of the molecule is COc1ccc2nc(Cl)c3c(C)nc(-c4ccccc4Cl)n3c2n1. The zero-order valence-electron chi connectivity index (χ0n) is 12.9. The van der Waals surface area contributed by atoms with Crippen LogP contribution in [0.15, 0.2) is 36.4 Å². The fourth-order valence-electron chi connectivity index (χ4n) is 2.75. The van der Waals surface area contributed by atoms with Crippen LogP contribution in [0, 0.1) is 6.92 Å². The minimum Gasteiger partial charge on any atom is -0.481 e. The maximum Gasteiger partial charge on any atom is 0.215 e. The van der Waals surface area contributed by atoms with Gasteiger partial charge in [-0.05, 0) is 25.1 Å². The molecule has 0 saturated carbocycles. The maximum absolute atomic E-state index is 6.39. The number of imidazole rings is 1. The van der Waals surface area contributed by atoms with E-state index >= 15 is 0 Å². The van der Waals surface area contributed by atoms with E-state index in [2.05, 4.69) is 15.0 Å². The third kappa shape index (κ3) is 2.20. The number of aryl methyl sites for hydroxylation is 1. The second-order valence-corrected chi connectivity index (χ2v) is 6.05. The third-order valence-electron chi connectivity index (χ3n) is 3.83. The van der Waals surface area contributed by atoms with E-state index in [1.54, 1.807) is 13.2 Å². The molecular formula is C17H12Cl2N4O. The summed E-state index contributed by atoms with van der Waals surface area (Å²) in [7, 11) is 1.57. The summed E-state index contributed by atoms with van der Waals surface area (Å²) in [4.78, 5) is 13.6. The van der Waals surface area contributed by atoms with E-state index in [4.69, 9.17) is 27.9 Å². The van der Waals surface area contributed by atoms with Crippen LogP contribution >= 0.6 is 23.2 Å². The van der Waals surface area contributed by atoms with Gasteiger partial charge in [-0.1, -0.05) is 35.3 Å². The Morgan fingerprint density at radius 1 is 1.00 bits per heavy atom. The number of methoxy groups -OCH3 is 1. The van der Waals surface area contributed by atoms with Gasteiger partial charge in [-0.2, -0.15) is 4.98 Å². The third-order valence-corrected chi connectivity index (χ3v) is 4.42. The monoisotopic (exact) mass is 358 g/mol. The number of aromatic nitrogens is 4. The van der Waals surface area contributed by atoms with Gasteiger partial charge < -0.3 is 4.74 Å². The fourth-order valence-corrected chi connectivity index (χ4v) is 3.28. The molecule has 0 aliphatic heterocycles. The Hall–Kier alpha value is -2.37. The molecule has 1 aromatic carbocycles. The van der Waals surface area contributed by atoms with Crippen molar-refractivity contribution in [2.24, 2.45) is 0 Å². The van der Waals surface area contributed by atoms with E-state index < -0.39 is 0 Å². The molecule has 5 nitrogen and oxygen atoms in total. The van der Waals surface area contributed by atoms with Crippen molar-refractivity contribution in [2.45, 2.75) is 6.92 Å². The molecule has 4 rings (SSSR count). The van der Waals surface area contributed by atoms with Crippen LogP contribution in [-0.4, -0.2) is 26.5 Å². The van der Waals surface area contributed by atoms with Crippen LogP contribution in [-0.2, 0) is 0 Å². The molecule has 0 amide bonds. The minimum atomic E-state index is 0.373. The first-order valence-corrected chi connectivity index (χ1v) is 8.00. The summed E-state index contributed by atoms with van der Waals surface area (Å²) in [5.74, 6) is 1.16. The lowest BCUT2D eigenvalue weighted by atomic mass is 10.2. The van der Waals surface area contributed by atoms with Crippen molar-refractivity contribution in [2.75, 3.05) is 7.11 Å². The van der Waals surface area contributed by atoms with Gasteiger partial charge in [0.15, 0.2) is 10.8 Å². The van der Waals surface area contributed by atoms with Crippen LogP contribution in [0.4, 0.5) is 0 Å². The molecule has 0 saturated heterocycles. The highest BCUT2D eigenvalue weighted by atomic mass is 35.5. The number of fused-ring (bicyclic) bond motifs is 3. The summed E-state index contributed by atoms with van der Waals surface area (Å²) in [5.41, 5.74) is 3.53. The summed E-state index contributed by atoms with van der Waals surface area (Å²) in [5, 5.41) is 0.978. The van der Waals surface area contributed by atoms with Gasteiger partial charge in [0, 0.05) is 11.6 Å². The quantitative estimate of drug-likeness (QED) is 0.526. The fraction of sp³-hybridized carbons (Fsp3) is 0.118. The second kappa shape index (κ2) is 5.61. The number of nitrogens with zero attached hydrogens (tertiary/aromatic N) is 4. The summed E-state index contributed by atoms with van der Waals surface area (Å²) < 4.78 is 7.12. The van der Waals surface area contributed by atoms with Crippen molar-refractivity contribution in [3.63, 3.8) is 0 Å². The molecule has 0 N–H and O–H groups in total. The molecule has 4 aromatic rings. The van der Waals surface area contributed by atoms with Gasteiger partial charge in [-0.3, -0.25) is 4.40 Å². The maximum atomic E-state index is 6.39. The molecule has 0 aliphatic rings. The molecule has 0 aliphatic carbocycles. The van der Waals surface area contributed by atoms with Crippen molar-refractivity contribution in [3.8, 4) is 17.3 Å². The van der Waals surface area contributed by atoms with Gasteiger partial charge in [0.25, 0.3) is 0 Å². The summed E-state index contributed by atoms with van der Waals surface area (Å²) >= 11 is 12.8. The number of halogens is 2. The largest absolute Gasteiger partial charge is 0.481 e. The van der Waals surface area contributed by atoms with E-state index in [0.29, 0.717) is 38.6 Å². The second-order valence-electron chi connectivity index (χ2n) is 5.28. The zero-order valence-corrected chi connectivity index (χ0v) is 14.4. The first-order valence-electron chi connectivity index (χ1n) is 7.24. The van der Waals surface area contributed by atoms with Crippen LogP contribution in [0.5, 0.6) is 5.88 Å². The van der Waals surface area contributed by atoms with E-state index in [9.17, 15) is 0 Å². The lowest BCUT2D eigenvalue weighted by molar-refractivity contribution is 0.399. The van der Waals surface area contributed by atoms with Crippen LogP contribution in [0.3, 0.4) is 0 Å². The summed E-state index contributed by atoms with van der Waals surface area (Å²) in [6.07, 6.45) is 0. The van der Waals surface area contributed by atoms with Gasteiger partial charge in [0.1, 0.15) is 16.9 Å². The molecule has 120 valence electrons. The highest BCUT2D eigenvalue weighted by Crippen LogP contribution is 2.33. The number of rotatable bonds is 2. The van der Waals surface area contributed by atoms with Crippen LogP contribution in [0.1, 0.15) is 5.69 Å². The average Bonchev–Trinajstić information content (AvgIpc) is 2.93. The van der Waals surface area contributed by atoms with E-state index in [1.165, 1.54) is 0 Å². The lowest BCUT2D eigenvalue weighted by Crippen LogP contribution is -1.99. The number of pyridine rings is 1. The normalized spacial score (nSPS) is 11.3. The van der Waals surface area contributed by atoms with Crippen LogP contribution in [0.25, 0.3) is 28.1 Å². The Morgan fingerprint density at radius 3 is 2.54 bits per heavy atom. The van der Waals surface area contributed by atoms with Crippen molar-refractivity contribution < 1.29 is 4.74 Å². The molecule has 0 bridgehead atoms. The molecule has 0 atom stereocenters. The number of hydrogen-bond acceptors (Lipinski definition) is 4. The van der Waals surface area contributed by atoms with Gasteiger partial charge in [0.2, 0.25) is 5.88 Å². The minimum absolute atomic E-state index is 0.373. The highest BCUT2D eigenvalue weighted by molar-refractivity contribution is 6.34. The predicted molar refractivity (Wildman–Crippen MR) is 95.0 cm³/mol. The number of benzene rings is 1. The first kappa shape index (κ1) is 15.2. The smallest absolute Gasteiger partial charge is 0.215 e. The Kier molecular flexibility index (Phi) is 3.55. The van der Waals surface area contributed by atoms with Gasteiger partial charge in [0.05, 0.1) is 17.8 Å². The van der Waals surface area contributed by atoms with Gasteiger partial charge >= 0.3 is 0 Å². The lowest BCUT2D eigenvalue weighted by Gasteiger charge is -2.08. The predicted octanol–water partition coefficient (Wildman–Crippen LogP) is 4.57. The first-order chi connectivity index (χ1) is 11.6. The Labute approximate surface area is 147 Å². The molecule has 0 unspecified atom stereocenters. The highest BCUT2D eigenvalue weighted by Gasteiger charge is 2.19. The van der Waals surface area contributed by atoms with Gasteiger partial charge in [-0.15, -0.1) is 0 Å². The van der Waals surface area contributed by atoms with Crippen molar-refractivity contribution in [3.05, 3.63) is 52.3 Å².